The molecule has 134 valence electrons. The molecule has 0 fully saturated rings. The van der Waals surface area contributed by atoms with Gasteiger partial charge >= 0.3 is 5.97 Å². The summed E-state index contributed by atoms with van der Waals surface area (Å²) in [6.07, 6.45) is -1.96. The fourth-order valence-electron chi connectivity index (χ4n) is 2.15. The second kappa shape index (κ2) is 7.36. The predicted molar refractivity (Wildman–Crippen MR) is 86.7 cm³/mol. The number of non-ortho nitro benzene ring substituents is 2. The first-order valence-electron chi connectivity index (χ1n) is 6.95. The Kier molecular flexibility index (Phi) is 5.23. The Morgan fingerprint density at radius 2 is 1.54 bits per heavy atom. The molecule has 0 saturated carbocycles. The quantitative estimate of drug-likeness (QED) is 0.516. The maximum atomic E-state index is 12.4. The van der Waals surface area contributed by atoms with Gasteiger partial charge in [-0.15, -0.1) is 0 Å². The van der Waals surface area contributed by atoms with Crippen LogP contribution in [0.2, 0.25) is 0 Å². The van der Waals surface area contributed by atoms with Crippen molar-refractivity contribution >= 4 is 28.9 Å². The van der Waals surface area contributed by atoms with Crippen LogP contribution in [0.1, 0.15) is 22.0 Å². The van der Waals surface area contributed by atoms with Crippen molar-refractivity contribution < 1.29 is 29.6 Å². The molecule has 11 heteroatoms. The predicted octanol–water partition coefficient (Wildman–Crippen LogP) is 1.87. The monoisotopic (exact) mass is 361 g/mol. The topological polar surface area (TPSA) is 173 Å². The number of aliphatic carboxylic acids is 1. The van der Waals surface area contributed by atoms with Crippen molar-refractivity contribution in [3.8, 4) is 0 Å². The molecule has 26 heavy (non-hydrogen) atoms. The molecule has 0 heterocycles. The van der Waals surface area contributed by atoms with Crippen molar-refractivity contribution in [1.29, 1.82) is 0 Å². The van der Waals surface area contributed by atoms with Gasteiger partial charge in [-0.05, 0) is 6.07 Å². The number of benzene rings is 2. The van der Waals surface area contributed by atoms with E-state index < -0.39 is 39.2 Å². The van der Waals surface area contributed by atoms with Crippen molar-refractivity contribution in [3.63, 3.8) is 0 Å². The average molecular weight is 361 g/mol. The Hall–Kier alpha value is -3.86. The summed E-state index contributed by atoms with van der Waals surface area (Å²) in [5.74, 6) is -2.47. The average Bonchev–Trinajstić information content (AvgIpc) is 2.60. The van der Waals surface area contributed by atoms with Gasteiger partial charge in [-0.2, -0.15) is 0 Å². The lowest BCUT2D eigenvalue weighted by atomic mass is 10.0. The van der Waals surface area contributed by atoms with Crippen LogP contribution in [0.15, 0.2) is 42.5 Å². The highest BCUT2D eigenvalue weighted by molar-refractivity contribution is 6.06. The number of nitro groups is 2. The number of aliphatic hydroxyl groups is 1. The van der Waals surface area contributed by atoms with Gasteiger partial charge in [-0.25, -0.2) is 4.79 Å². The zero-order valence-electron chi connectivity index (χ0n) is 12.9. The van der Waals surface area contributed by atoms with Gasteiger partial charge in [-0.3, -0.25) is 25.0 Å². The number of rotatable bonds is 6. The molecule has 2 rings (SSSR count). The minimum Gasteiger partial charge on any atom is -0.479 e. The zero-order chi connectivity index (χ0) is 19.4. The van der Waals surface area contributed by atoms with Gasteiger partial charge in [0, 0.05) is 23.3 Å². The van der Waals surface area contributed by atoms with Crippen LogP contribution in [0.5, 0.6) is 0 Å². The summed E-state index contributed by atoms with van der Waals surface area (Å²) in [6.45, 7) is 0. The van der Waals surface area contributed by atoms with Gasteiger partial charge in [0.25, 0.3) is 17.3 Å². The van der Waals surface area contributed by atoms with E-state index in [9.17, 15) is 34.9 Å². The maximum Gasteiger partial charge on any atom is 0.337 e. The van der Waals surface area contributed by atoms with E-state index in [1.54, 1.807) is 0 Å². The molecule has 0 aliphatic heterocycles. The van der Waals surface area contributed by atoms with Crippen molar-refractivity contribution in [1.82, 2.24) is 0 Å². The number of anilines is 1. The SMILES string of the molecule is O=C(Nc1cc([N+](=O)[O-])cc([N+](=O)[O-])c1)c1ccccc1[C@H](O)C(=O)O. The third kappa shape index (κ3) is 3.96. The molecule has 0 spiro atoms. The number of carbonyl (C=O) groups is 2. The van der Waals surface area contributed by atoms with Gasteiger partial charge in [0.05, 0.1) is 21.6 Å². The van der Waals surface area contributed by atoms with Crippen LogP contribution in [0.4, 0.5) is 17.1 Å². The number of hydrogen-bond acceptors (Lipinski definition) is 7. The maximum absolute atomic E-state index is 12.4. The molecule has 0 aliphatic rings. The lowest BCUT2D eigenvalue weighted by molar-refractivity contribution is -0.394. The second-order valence-electron chi connectivity index (χ2n) is 5.03. The number of carboxylic acids is 1. The Morgan fingerprint density at radius 1 is 1.00 bits per heavy atom. The second-order valence-corrected chi connectivity index (χ2v) is 5.03. The van der Waals surface area contributed by atoms with Crippen LogP contribution in [0.3, 0.4) is 0 Å². The van der Waals surface area contributed by atoms with E-state index in [1.165, 1.54) is 24.3 Å². The molecule has 0 saturated heterocycles. The largest absolute Gasteiger partial charge is 0.479 e. The molecule has 1 amide bonds. The van der Waals surface area contributed by atoms with Crippen molar-refractivity contribution in [2.45, 2.75) is 6.10 Å². The summed E-state index contributed by atoms with van der Waals surface area (Å²) < 4.78 is 0. The smallest absolute Gasteiger partial charge is 0.337 e. The number of carboxylic acid groups (broad SMARTS) is 1. The Labute approximate surface area is 144 Å². The number of nitro benzene ring substituents is 2. The minimum atomic E-state index is -1.96. The number of aliphatic hydroxyl groups excluding tert-OH is 1. The first-order valence-corrected chi connectivity index (χ1v) is 6.95. The number of carbonyl (C=O) groups excluding carboxylic acids is 1. The molecule has 3 N–H and O–H groups in total. The molecule has 0 unspecified atom stereocenters. The van der Waals surface area contributed by atoms with Crippen LogP contribution in [0.25, 0.3) is 0 Å². The first-order chi connectivity index (χ1) is 12.2. The van der Waals surface area contributed by atoms with E-state index in [4.69, 9.17) is 5.11 Å². The van der Waals surface area contributed by atoms with E-state index in [2.05, 4.69) is 5.32 Å². The standard InChI is InChI=1S/C15H11N3O8/c19-13(15(21)22)11-3-1-2-4-12(11)14(20)16-8-5-9(17(23)24)7-10(6-8)18(25)26/h1-7,13,19H,(H,16,20)(H,21,22)/t13-/m0/s1. The molecule has 11 nitrogen and oxygen atoms in total. The summed E-state index contributed by atoms with van der Waals surface area (Å²) in [5, 5.41) is 42.5. The Bertz CT molecular complexity index is 879. The third-order valence-corrected chi connectivity index (χ3v) is 3.32. The molecule has 0 bridgehead atoms. The molecule has 2 aromatic carbocycles. The lowest BCUT2D eigenvalue weighted by Crippen LogP contribution is -2.19. The molecule has 0 aromatic heterocycles. The number of hydrogen-bond donors (Lipinski definition) is 3. The number of amides is 1. The Morgan fingerprint density at radius 3 is 2.04 bits per heavy atom. The zero-order valence-corrected chi connectivity index (χ0v) is 12.9. The molecule has 0 radical (unpaired) electrons. The fourth-order valence-corrected chi connectivity index (χ4v) is 2.15. The molecular formula is C15H11N3O8. The summed E-state index contributed by atoms with van der Waals surface area (Å²) in [7, 11) is 0. The highest BCUT2D eigenvalue weighted by Crippen LogP contribution is 2.27. The molecule has 1 atom stereocenters. The highest BCUT2D eigenvalue weighted by Gasteiger charge is 2.23. The molecule has 0 aliphatic carbocycles. The van der Waals surface area contributed by atoms with Crippen LogP contribution < -0.4 is 5.32 Å². The van der Waals surface area contributed by atoms with Gasteiger partial charge in [0.2, 0.25) is 0 Å². The van der Waals surface area contributed by atoms with Crippen LogP contribution >= 0.6 is 0 Å². The number of nitrogens with one attached hydrogen (secondary N) is 1. The number of nitrogens with zero attached hydrogens (tertiary/aromatic N) is 2. The van der Waals surface area contributed by atoms with Gasteiger partial charge in [0.1, 0.15) is 0 Å². The highest BCUT2D eigenvalue weighted by atomic mass is 16.6. The van der Waals surface area contributed by atoms with E-state index in [0.29, 0.717) is 0 Å². The third-order valence-electron chi connectivity index (χ3n) is 3.32. The van der Waals surface area contributed by atoms with E-state index in [0.717, 1.165) is 18.2 Å². The van der Waals surface area contributed by atoms with Crippen LogP contribution in [0, 0.1) is 20.2 Å². The van der Waals surface area contributed by atoms with Gasteiger partial charge in [-0.1, -0.05) is 18.2 Å². The van der Waals surface area contributed by atoms with Crippen molar-refractivity contribution in [2.75, 3.05) is 5.32 Å². The summed E-state index contributed by atoms with van der Waals surface area (Å²) in [5.41, 5.74) is -1.83. The van der Waals surface area contributed by atoms with Gasteiger partial charge in [0.15, 0.2) is 6.10 Å². The lowest BCUT2D eigenvalue weighted by Gasteiger charge is -2.12. The van der Waals surface area contributed by atoms with E-state index >= 15 is 0 Å². The summed E-state index contributed by atoms with van der Waals surface area (Å²) in [4.78, 5) is 43.3. The molecule has 2 aromatic rings. The van der Waals surface area contributed by atoms with Crippen molar-refractivity contribution in [2.24, 2.45) is 0 Å². The normalized spacial score (nSPS) is 11.4. The molecular weight excluding hydrogens is 350 g/mol. The summed E-state index contributed by atoms with van der Waals surface area (Å²) in [6, 6.07) is 7.87. The minimum absolute atomic E-state index is 0.197. The summed E-state index contributed by atoms with van der Waals surface area (Å²) >= 11 is 0. The van der Waals surface area contributed by atoms with Crippen LogP contribution in [-0.4, -0.2) is 31.9 Å². The Balaban J connectivity index is 2.41. The van der Waals surface area contributed by atoms with Gasteiger partial charge < -0.3 is 15.5 Å². The van der Waals surface area contributed by atoms with E-state index in [1.807, 2.05) is 0 Å². The van der Waals surface area contributed by atoms with Crippen molar-refractivity contribution in [3.05, 3.63) is 73.8 Å². The van der Waals surface area contributed by atoms with Crippen LogP contribution in [-0.2, 0) is 4.79 Å². The fraction of sp³-hybridized carbons (Fsp3) is 0.0667. The first kappa shape index (κ1) is 18.5. The van der Waals surface area contributed by atoms with E-state index in [-0.39, 0.29) is 16.8 Å².